The van der Waals surface area contributed by atoms with E-state index in [1.54, 1.807) is 65.5 Å². The van der Waals surface area contributed by atoms with Crippen LogP contribution in [0.1, 0.15) is 259 Å². The number of alkyl halides is 6. The molecule has 790 valence electrons. The third-order valence-electron chi connectivity index (χ3n) is 18.2. The van der Waals surface area contributed by atoms with Gasteiger partial charge in [-0.05, 0) is 102 Å². The van der Waals surface area contributed by atoms with E-state index in [1.165, 1.54) is 88.5 Å². The van der Waals surface area contributed by atoms with Gasteiger partial charge in [-0.1, -0.05) is 452 Å². The van der Waals surface area contributed by atoms with Crippen molar-refractivity contribution in [3.63, 3.8) is 0 Å². The lowest BCUT2D eigenvalue weighted by Gasteiger charge is -2.30. The minimum atomic E-state index is -3.96. The lowest BCUT2D eigenvalue weighted by Crippen LogP contribution is -2.44. The third-order valence-corrected chi connectivity index (χ3v) is 42.9. The number of carbonyl (C=O) groups excluding carboxylic acids is 6. The Kier molecular flexibility index (Phi) is 113. The molecule has 0 bridgehead atoms. The molecule has 0 saturated carbocycles. The second-order valence-corrected chi connectivity index (χ2v) is 88.5. The highest BCUT2D eigenvalue weighted by atomic mass is 127. The van der Waals surface area contributed by atoms with Gasteiger partial charge in [0.1, 0.15) is 0 Å². The van der Waals surface area contributed by atoms with Gasteiger partial charge in [-0.2, -0.15) is 13.2 Å². The smallest absolute Gasteiger partial charge is 0.388 e. The first kappa shape index (κ1) is 160. The fourth-order valence-corrected chi connectivity index (χ4v) is 29.7. The summed E-state index contributed by atoms with van der Waals surface area (Å²) in [7, 11) is -4.45. The van der Waals surface area contributed by atoms with Crippen LogP contribution in [0.25, 0.3) is 0 Å². The molecular weight excluding hydrogens is 2020 g/mol. The zero-order chi connectivity index (χ0) is 109. The second-order valence-electron chi connectivity index (χ2n) is 41.5. The molecule has 1 unspecified atom stereocenters. The van der Waals surface area contributed by atoms with Crippen LogP contribution in [-0.4, -0.2) is 177 Å². The molecule has 0 heterocycles. The van der Waals surface area contributed by atoms with Crippen LogP contribution >= 0.6 is 45.2 Å². The van der Waals surface area contributed by atoms with Crippen LogP contribution in [0.5, 0.6) is 0 Å². The van der Waals surface area contributed by atoms with Gasteiger partial charge in [0.2, 0.25) is 35.4 Å². The van der Waals surface area contributed by atoms with Crippen LogP contribution in [0, 0.1) is 5.92 Å². The Morgan fingerprint density at radius 1 is 0.421 bits per heavy atom. The average Bonchev–Trinajstić information content (AvgIpc) is 0.821. The molecule has 4 rings (SSSR count). The van der Waals surface area contributed by atoms with E-state index >= 15 is 0 Å². The van der Waals surface area contributed by atoms with E-state index in [9.17, 15) is 46.3 Å². The van der Waals surface area contributed by atoms with Gasteiger partial charge in [-0.3, -0.25) is 33.2 Å². The summed E-state index contributed by atoms with van der Waals surface area (Å²) in [6, 6.07) is 42.4. The highest BCUT2D eigenvalue weighted by molar-refractivity contribution is 14.1. The highest BCUT2D eigenvalue weighted by Crippen LogP contribution is 2.23. The molecular formula is C106H220F4I2N6O7Si8. The third kappa shape index (κ3) is 135. The summed E-state index contributed by atoms with van der Waals surface area (Å²) < 4.78 is 43.2. The zero-order valence-corrected chi connectivity index (χ0v) is 109. The number of nitrogens with zero attached hydrogens (tertiary/aromatic N) is 4. The maximum atomic E-state index is 11.8. The van der Waals surface area contributed by atoms with E-state index in [-0.39, 0.29) is 35.4 Å². The van der Waals surface area contributed by atoms with Gasteiger partial charge in [0, 0.05) is 143 Å². The van der Waals surface area contributed by atoms with Crippen LogP contribution in [0.15, 0.2) is 109 Å². The standard InChI is InChI=1S/2C14H23NOSi.C12H22Si2.C10H13NO.C7H20Si2.C5H11I.C5H11NO.C5H14Si.C5H12.C4H9I.2C4H9NO.C4H12OSi.C3H5F3.3C3H8.CH3F/c1-6-10-17(4,5)14-9-7-8-13(11-14)15(3)12(2)16;1-5-11-17(3,4)12-15(13(2)16)14-9-7-6-8-10-14;1-13(2,3)11-7-9-12(10-8-11)14(4,5)6;1-3-11(9(2)12)10-7-5-4-6-8-10;1-8(2,3)7-9(4,5)6;1-4-5(2,3)6;1-4-6(3)5(2)7;1-5-6(2,3)4;1-4-5(2)3;1-3-4(2)5;2*1-3-5-4(2)6;1-4-6(2,3)5;1-2-3(4,5)6;3*1-3-2;1-2/h7-9,11H,6,10H2,1-5H3;6-10H,5,11-12H2,1-4H3;7-10H,1-6H3;4-8H,3H2,1-2H3;7H2,1-6H3;4H2,1-3H3;4H2,1-3H3;5H2,1-4H3;5H,4H2,1-3H3;4H,3H2,1-2H3;2*3H2,1-2H3,(H,5,6);5H,4H2,1-3H3;2H2,1H3;3*3H2,1-2H3;1H3. The summed E-state index contributed by atoms with van der Waals surface area (Å²) in [6.07, 6.45) is 6.27. The Hall–Kier alpha value is -3.42. The van der Waals surface area contributed by atoms with E-state index in [2.05, 4.69) is 340 Å². The first-order chi connectivity index (χ1) is 60.3. The number of hydrogen-bond acceptors (Lipinski definition) is 7. The van der Waals surface area contributed by atoms with Crippen molar-refractivity contribution in [1.29, 1.82) is 0 Å². The number of para-hydroxylation sites is 2. The summed E-state index contributed by atoms with van der Waals surface area (Å²) in [5, 5.41) is 9.71. The Morgan fingerprint density at radius 3 is 0.865 bits per heavy atom. The van der Waals surface area contributed by atoms with Gasteiger partial charge in [0.25, 0.3) is 0 Å². The minimum absolute atomic E-state index is 0.0394. The van der Waals surface area contributed by atoms with Crippen LogP contribution in [0.2, 0.25) is 167 Å². The van der Waals surface area contributed by atoms with Gasteiger partial charge in [0.15, 0.2) is 8.32 Å². The molecule has 4 aromatic carbocycles. The van der Waals surface area contributed by atoms with Gasteiger partial charge in [-0.25, -0.2) is 0 Å². The highest BCUT2D eigenvalue weighted by Gasteiger charge is 2.28. The fraction of sp³-hybridized carbons (Fsp3) is 0.717. The Labute approximate surface area is 860 Å². The Balaban J connectivity index is -0.0000000966. The molecule has 6 amide bonds. The van der Waals surface area contributed by atoms with E-state index in [1.807, 2.05) is 126 Å². The van der Waals surface area contributed by atoms with Crippen LogP contribution < -0.4 is 40.9 Å². The maximum absolute atomic E-state index is 11.8. The molecule has 0 aromatic heterocycles. The first-order valence-corrected chi connectivity index (χ1v) is 79.8. The molecule has 3 N–H and O–H groups in total. The van der Waals surface area contributed by atoms with Crippen molar-refractivity contribution in [1.82, 2.24) is 15.5 Å². The molecule has 0 radical (unpaired) electrons. The maximum Gasteiger partial charge on any atom is 0.388 e. The number of hydrogen-bond donors (Lipinski definition) is 3. The summed E-state index contributed by atoms with van der Waals surface area (Å²) >= 11 is 4.85. The molecule has 1 atom stereocenters. The van der Waals surface area contributed by atoms with Crippen molar-refractivity contribution < 1.29 is 51.1 Å². The molecule has 27 heteroatoms. The summed E-state index contributed by atoms with van der Waals surface area (Å²) in [5.41, 5.74) is 4.57. The molecule has 0 aliphatic rings. The quantitative estimate of drug-likeness (QED) is 0.0288. The predicted octanol–water partition coefficient (Wildman–Crippen LogP) is 32.7. The summed E-state index contributed by atoms with van der Waals surface area (Å²) in [6.45, 7) is 110. The fourth-order valence-electron chi connectivity index (χ4n) is 9.24. The molecule has 4 aromatic rings. The van der Waals surface area contributed by atoms with Crippen molar-refractivity contribution in [2.24, 2.45) is 5.92 Å². The molecule has 13 nitrogen and oxygen atoms in total. The lowest BCUT2D eigenvalue weighted by atomic mass is 10.2. The molecule has 0 saturated heterocycles. The molecule has 0 spiro atoms. The van der Waals surface area contributed by atoms with Gasteiger partial charge in [-0.15, -0.1) is 0 Å². The summed E-state index contributed by atoms with van der Waals surface area (Å²) in [4.78, 5) is 80.4. The average molecular weight is 2250 g/mol. The van der Waals surface area contributed by atoms with Crippen LogP contribution in [-0.2, 0) is 28.8 Å². The monoisotopic (exact) mass is 2240 g/mol. The van der Waals surface area contributed by atoms with E-state index in [4.69, 9.17) is 4.80 Å². The predicted molar refractivity (Wildman–Crippen MR) is 639 cm³/mol. The lowest BCUT2D eigenvalue weighted by molar-refractivity contribution is -0.131. The number of halogens is 6. The first-order valence-electron chi connectivity index (χ1n) is 49.6. The van der Waals surface area contributed by atoms with E-state index in [0.717, 1.165) is 72.2 Å². The van der Waals surface area contributed by atoms with Crippen LogP contribution in [0.4, 0.5) is 34.6 Å². The number of anilines is 3. The van der Waals surface area contributed by atoms with E-state index in [0.29, 0.717) is 10.6 Å². The summed E-state index contributed by atoms with van der Waals surface area (Å²) in [5.74, 6) is 1.40. The van der Waals surface area contributed by atoms with Crippen molar-refractivity contribution in [2.45, 2.75) is 439 Å². The Morgan fingerprint density at radius 2 is 0.707 bits per heavy atom. The SMILES string of the molecule is CCC.CCC.CCC.CCC(C)(C)I.CCC(C)C.CCC(C)I.CCC(F)(F)F.CCC[Si](C)(C)CN(C(C)=O)c1ccccc1.CCC[Si](C)(C)c1cccc(N(C)C(C)=O)c1.CCN(C(C)=O)c1ccccc1.CCN(C)C(C)=O.CCNC(C)=O.CCNC(C)=O.CC[Si](C)(C)C.CC[Si](C)(C)O.CF.C[Si](C)(C)C[Si](C)(C)C.C[Si](C)(C)c1ccc([Si](C)(C)C)cc1. The number of benzene rings is 4. The number of rotatable bonds is 23. The van der Waals surface area contributed by atoms with Crippen molar-refractivity contribution in [3.8, 4) is 0 Å². The molecule has 0 aliphatic heterocycles. The largest absolute Gasteiger partial charge is 0.432 e. The Bertz CT molecular complexity index is 3160. The minimum Gasteiger partial charge on any atom is -0.432 e. The number of nitrogens with one attached hydrogen (secondary N) is 2. The van der Waals surface area contributed by atoms with Gasteiger partial charge < -0.3 is 35.0 Å². The van der Waals surface area contributed by atoms with Crippen molar-refractivity contribution in [3.05, 3.63) is 109 Å². The molecule has 0 fully saturated rings. The molecule has 0 aliphatic carbocycles. The molecule has 133 heavy (non-hydrogen) atoms. The normalized spacial score (nSPS) is 10.7. The van der Waals surface area contributed by atoms with Crippen LogP contribution in [0.3, 0.4) is 0 Å². The second kappa shape index (κ2) is 93.5. The van der Waals surface area contributed by atoms with Gasteiger partial charge >= 0.3 is 6.18 Å². The number of amides is 6. The number of carbonyl (C=O) groups is 6. The van der Waals surface area contributed by atoms with Crippen molar-refractivity contribution >= 4 is 178 Å². The topological polar surface area (TPSA) is 160 Å². The zero-order valence-electron chi connectivity index (χ0n) is 96.9. The van der Waals surface area contributed by atoms with E-state index < -0.39 is 77.4 Å². The van der Waals surface area contributed by atoms with Crippen molar-refractivity contribution in [2.75, 3.05) is 68.3 Å². The van der Waals surface area contributed by atoms with Gasteiger partial charge in [0.05, 0.1) is 39.5 Å².